The van der Waals surface area contributed by atoms with Crippen LogP contribution in [0.5, 0.6) is 0 Å². The SMILES string of the molecule is CS(=O)(=O)NCC[C@H]1CN(Cc2ccnc3ccccc23)CCO1. The molecule has 0 bridgehead atoms. The van der Waals surface area contributed by atoms with Gasteiger partial charge in [-0.1, -0.05) is 18.2 Å². The van der Waals surface area contributed by atoms with Crippen molar-refractivity contribution in [1.29, 1.82) is 0 Å². The Morgan fingerprint density at radius 3 is 3.00 bits per heavy atom. The first kappa shape index (κ1) is 17.3. The molecule has 0 saturated carbocycles. The average Bonchev–Trinajstić information content (AvgIpc) is 2.54. The Bertz CT molecular complexity index is 789. The number of sulfonamides is 1. The van der Waals surface area contributed by atoms with Crippen LogP contribution in [0.1, 0.15) is 12.0 Å². The molecule has 1 aromatic carbocycles. The molecule has 1 aliphatic heterocycles. The van der Waals surface area contributed by atoms with Gasteiger partial charge in [-0.05, 0) is 24.1 Å². The molecule has 0 spiro atoms. The van der Waals surface area contributed by atoms with Crippen LogP contribution in [-0.2, 0) is 21.3 Å². The van der Waals surface area contributed by atoms with Crippen molar-refractivity contribution in [2.45, 2.75) is 19.1 Å². The maximum atomic E-state index is 11.1. The third-order valence-electron chi connectivity index (χ3n) is 4.19. The number of para-hydroxylation sites is 1. The summed E-state index contributed by atoms with van der Waals surface area (Å²) in [6.07, 6.45) is 3.77. The predicted octanol–water partition coefficient (Wildman–Crippen LogP) is 1.37. The lowest BCUT2D eigenvalue weighted by atomic mass is 10.1. The van der Waals surface area contributed by atoms with Crippen LogP contribution in [0.25, 0.3) is 10.9 Å². The number of hydrogen-bond acceptors (Lipinski definition) is 5. The molecule has 0 amide bonds. The molecule has 7 heteroatoms. The monoisotopic (exact) mass is 349 g/mol. The zero-order valence-corrected chi connectivity index (χ0v) is 14.6. The van der Waals surface area contributed by atoms with Gasteiger partial charge in [-0.2, -0.15) is 0 Å². The van der Waals surface area contributed by atoms with Crippen LogP contribution < -0.4 is 4.72 Å². The first-order valence-electron chi connectivity index (χ1n) is 8.12. The Morgan fingerprint density at radius 2 is 2.17 bits per heavy atom. The molecular formula is C17H23N3O3S. The lowest BCUT2D eigenvalue weighted by Crippen LogP contribution is -2.43. The van der Waals surface area contributed by atoms with Crippen molar-refractivity contribution in [3.8, 4) is 0 Å². The number of pyridine rings is 1. The highest BCUT2D eigenvalue weighted by Gasteiger charge is 2.21. The molecule has 1 saturated heterocycles. The van der Waals surface area contributed by atoms with Crippen molar-refractivity contribution in [1.82, 2.24) is 14.6 Å². The van der Waals surface area contributed by atoms with Crippen LogP contribution in [0.3, 0.4) is 0 Å². The van der Waals surface area contributed by atoms with E-state index in [9.17, 15) is 8.42 Å². The molecule has 6 nitrogen and oxygen atoms in total. The van der Waals surface area contributed by atoms with E-state index in [1.54, 1.807) is 0 Å². The first-order valence-corrected chi connectivity index (χ1v) is 10.0. The number of hydrogen-bond donors (Lipinski definition) is 1. The summed E-state index contributed by atoms with van der Waals surface area (Å²) in [5.41, 5.74) is 2.27. The maximum Gasteiger partial charge on any atom is 0.208 e. The van der Waals surface area contributed by atoms with E-state index >= 15 is 0 Å². The summed E-state index contributed by atoms with van der Waals surface area (Å²) in [5, 5.41) is 1.18. The number of morpholine rings is 1. The third-order valence-corrected chi connectivity index (χ3v) is 4.92. The fraction of sp³-hybridized carbons (Fsp3) is 0.471. The summed E-state index contributed by atoms with van der Waals surface area (Å²) in [6.45, 7) is 3.62. The minimum atomic E-state index is -3.14. The second kappa shape index (κ2) is 7.57. The molecule has 1 atom stereocenters. The Labute approximate surface area is 142 Å². The van der Waals surface area contributed by atoms with Crippen molar-refractivity contribution >= 4 is 20.9 Å². The van der Waals surface area contributed by atoms with Crippen LogP contribution in [-0.4, -0.2) is 56.9 Å². The molecule has 24 heavy (non-hydrogen) atoms. The van der Waals surface area contributed by atoms with Gasteiger partial charge in [-0.15, -0.1) is 0 Å². The minimum Gasteiger partial charge on any atom is -0.376 e. The normalized spacial score (nSPS) is 19.6. The topological polar surface area (TPSA) is 71.5 Å². The van der Waals surface area contributed by atoms with E-state index in [1.165, 1.54) is 17.2 Å². The van der Waals surface area contributed by atoms with Gasteiger partial charge < -0.3 is 4.74 Å². The summed E-state index contributed by atoms with van der Waals surface area (Å²) < 4.78 is 30.6. The minimum absolute atomic E-state index is 0.0566. The molecule has 2 heterocycles. The van der Waals surface area contributed by atoms with E-state index in [-0.39, 0.29) is 6.10 Å². The van der Waals surface area contributed by atoms with Crippen LogP contribution in [0.2, 0.25) is 0 Å². The third kappa shape index (κ3) is 4.73. The van der Waals surface area contributed by atoms with Gasteiger partial charge in [0.15, 0.2) is 0 Å². The largest absolute Gasteiger partial charge is 0.376 e. The van der Waals surface area contributed by atoms with Crippen molar-refractivity contribution < 1.29 is 13.2 Å². The quantitative estimate of drug-likeness (QED) is 0.853. The van der Waals surface area contributed by atoms with E-state index in [2.05, 4.69) is 26.7 Å². The van der Waals surface area contributed by atoms with Crippen LogP contribution in [0.4, 0.5) is 0 Å². The molecule has 0 aliphatic carbocycles. The van der Waals surface area contributed by atoms with E-state index in [0.29, 0.717) is 19.6 Å². The fourth-order valence-corrected chi connectivity index (χ4v) is 3.53. The van der Waals surface area contributed by atoms with Crippen molar-refractivity contribution in [2.24, 2.45) is 0 Å². The number of ether oxygens (including phenoxy) is 1. The molecule has 1 aliphatic rings. The molecule has 0 radical (unpaired) electrons. The summed E-state index contributed by atoms with van der Waals surface area (Å²) in [5.74, 6) is 0. The number of aromatic nitrogens is 1. The lowest BCUT2D eigenvalue weighted by Gasteiger charge is -2.33. The Balaban J connectivity index is 1.60. The molecule has 3 rings (SSSR count). The first-order chi connectivity index (χ1) is 11.5. The van der Waals surface area contributed by atoms with Gasteiger partial charge in [0.05, 0.1) is 24.5 Å². The maximum absolute atomic E-state index is 11.1. The summed E-state index contributed by atoms with van der Waals surface area (Å²) in [4.78, 5) is 6.76. The number of rotatable bonds is 6. The number of fused-ring (bicyclic) bond motifs is 1. The molecule has 1 N–H and O–H groups in total. The molecule has 1 aromatic heterocycles. The number of nitrogens with zero attached hydrogens (tertiary/aromatic N) is 2. The van der Waals surface area contributed by atoms with Crippen LogP contribution in [0.15, 0.2) is 36.5 Å². The highest BCUT2D eigenvalue weighted by Crippen LogP contribution is 2.19. The summed E-state index contributed by atoms with van der Waals surface area (Å²) in [6, 6.07) is 10.2. The zero-order chi connectivity index (χ0) is 17.0. The van der Waals surface area contributed by atoms with Crippen molar-refractivity contribution in [3.05, 3.63) is 42.1 Å². The summed E-state index contributed by atoms with van der Waals surface area (Å²) >= 11 is 0. The number of benzene rings is 1. The van der Waals surface area contributed by atoms with Gasteiger partial charge in [0, 0.05) is 37.8 Å². The van der Waals surface area contributed by atoms with E-state index in [1.807, 2.05) is 24.4 Å². The van der Waals surface area contributed by atoms with Gasteiger partial charge in [-0.3, -0.25) is 9.88 Å². The molecular weight excluding hydrogens is 326 g/mol. The second-order valence-electron chi connectivity index (χ2n) is 6.17. The molecule has 1 fully saturated rings. The lowest BCUT2D eigenvalue weighted by molar-refractivity contribution is -0.0337. The van der Waals surface area contributed by atoms with Gasteiger partial charge >= 0.3 is 0 Å². The van der Waals surface area contributed by atoms with Crippen LogP contribution in [0, 0.1) is 0 Å². The molecule has 2 aromatic rings. The molecule has 130 valence electrons. The smallest absolute Gasteiger partial charge is 0.208 e. The zero-order valence-electron chi connectivity index (χ0n) is 13.8. The highest BCUT2D eigenvalue weighted by atomic mass is 32.2. The second-order valence-corrected chi connectivity index (χ2v) is 8.00. The predicted molar refractivity (Wildman–Crippen MR) is 94.2 cm³/mol. The van der Waals surface area contributed by atoms with Gasteiger partial charge in [-0.25, -0.2) is 13.1 Å². The van der Waals surface area contributed by atoms with Crippen molar-refractivity contribution in [3.63, 3.8) is 0 Å². The van der Waals surface area contributed by atoms with E-state index in [0.717, 1.165) is 25.2 Å². The summed E-state index contributed by atoms with van der Waals surface area (Å²) in [7, 11) is -3.14. The Kier molecular flexibility index (Phi) is 5.45. The number of nitrogens with one attached hydrogen (secondary N) is 1. The van der Waals surface area contributed by atoms with E-state index in [4.69, 9.17) is 4.74 Å². The molecule has 0 unspecified atom stereocenters. The Hall–Kier alpha value is -1.54. The average molecular weight is 349 g/mol. The standard InChI is InChI=1S/C17H23N3O3S/c1-24(21,22)19-9-7-15-13-20(10-11-23-15)12-14-6-8-18-17-5-3-2-4-16(14)17/h2-6,8,15,19H,7,9-13H2,1H3/t15-/m0/s1. The Morgan fingerprint density at radius 1 is 1.33 bits per heavy atom. The highest BCUT2D eigenvalue weighted by molar-refractivity contribution is 7.88. The fourth-order valence-electron chi connectivity index (χ4n) is 3.04. The van der Waals surface area contributed by atoms with Gasteiger partial charge in [0.25, 0.3) is 0 Å². The van der Waals surface area contributed by atoms with Crippen LogP contribution >= 0.6 is 0 Å². The van der Waals surface area contributed by atoms with Gasteiger partial charge in [0.2, 0.25) is 10.0 Å². The van der Waals surface area contributed by atoms with Gasteiger partial charge in [0.1, 0.15) is 0 Å². The van der Waals surface area contributed by atoms with E-state index < -0.39 is 10.0 Å². The van der Waals surface area contributed by atoms with Crippen molar-refractivity contribution in [2.75, 3.05) is 32.5 Å².